The van der Waals surface area contributed by atoms with Gasteiger partial charge >= 0.3 is 0 Å². The number of anilines is 1. The standard InChI is InChI=1S/C23H26N4O3/c1-16(2)27-22(28)20-10-5-4-9-19(20)21(24-27)23(29)26-13-11-25(12-14-26)17-7-6-8-18(15-17)30-3/h4-10,15-16H,11-14H2,1-3H3. The Morgan fingerprint density at radius 1 is 1.00 bits per heavy atom. The van der Waals surface area contributed by atoms with E-state index in [2.05, 4.69) is 10.00 Å². The van der Waals surface area contributed by atoms with Crippen molar-refractivity contribution in [2.75, 3.05) is 38.2 Å². The molecule has 0 bridgehead atoms. The molecule has 1 amide bonds. The summed E-state index contributed by atoms with van der Waals surface area (Å²) in [6, 6.07) is 15.0. The van der Waals surface area contributed by atoms with Crippen LogP contribution in [0.3, 0.4) is 0 Å². The number of aromatic nitrogens is 2. The van der Waals surface area contributed by atoms with E-state index < -0.39 is 0 Å². The molecule has 0 unspecified atom stereocenters. The van der Waals surface area contributed by atoms with Crippen LogP contribution in [0.5, 0.6) is 5.75 Å². The maximum absolute atomic E-state index is 13.4. The molecule has 0 atom stereocenters. The predicted octanol–water partition coefficient (Wildman–Crippen LogP) is 2.95. The van der Waals surface area contributed by atoms with Crippen LogP contribution < -0.4 is 15.2 Å². The van der Waals surface area contributed by atoms with Gasteiger partial charge in [0.25, 0.3) is 11.5 Å². The number of nitrogens with zero attached hydrogens (tertiary/aromatic N) is 4. The van der Waals surface area contributed by atoms with E-state index in [9.17, 15) is 9.59 Å². The Morgan fingerprint density at radius 3 is 2.37 bits per heavy atom. The summed E-state index contributed by atoms with van der Waals surface area (Å²) in [6.07, 6.45) is 0. The molecule has 1 fully saturated rings. The Labute approximate surface area is 175 Å². The molecule has 3 aromatic rings. The van der Waals surface area contributed by atoms with Crippen LogP contribution in [0.1, 0.15) is 30.4 Å². The lowest BCUT2D eigenvalue weighted by molar-refractivity contribution is 0.0740. The molecule has 0 saturated carbocycles. The highest BCUT2D eigenvalue weighted by molar-refractivity contribution is 6.04. The number of methoxy groups -OCH3 is 1. The van der Waals surface area contributed by atoms with Gasteiger partial charge in [0.2, 0.25) is 0 Å². The summed E-state index contributed by atoms with van der Waals surface area (Å²) in [5, 5.41) is 5.60. The minimum atomic E-state index is -0.167. The maximum Gasteiger partial charge on any atom is 0.275 e. The first-order valence-electron chi connectivity index (χ1n) is 10.2. The number of carbonyl (C=O) groups is 1. The number of amides is 1. The quantitative estimate of drug-likeness (QED) is 0.666. The van der Waals surface area contributed by atoms with Gasteiger partial charge in [0, 0.05) is 43.3 Å². The first kappa shape index (κ1) is 19.9. The fourth-order valence-electron chi connectivity index (χ4n) is 3.84. The Bertz CT molecular complexity index is 1130. The van der Waals surface area contributed by atoms with E-state index in [-0.39, 0.29) is 17.5 Å². The van der Waals surface area contributed by atoms with Crippen LogP contribution in [0, 0.1) is 0 Å². The highest BCUT2D eigenvalue weighted by Gasteiger charge is 2.26. The molecule has 0 radical (unpaired) electrons. The molecular formula is C23H26N4O3. The molecule has 0 aliphatic carbocycles. The normalized spacial score (nSPS) is 14.4. The molecule has 0 N–H and O–H groups in total. The van der Waals surface area contributed by atoms with Crippen LogP contribution in [-0.2, 0) is 0 Å². The Hall–Kier alpha value is -3.35. The van der Waals surface area contributed by atoms with Crippen molar-refractivity contribution in [1.29, 1.82) is 0 Å². The van der Waals surface area contributed by atoms with Crippen LogP contribution in [0.15, 0.2) is 53.3 Å². The lowest BCUT2D eigenvalue weighted by Gasteiger charge is -2.36. The van der Waals surface area contributed by atoms with Crippen LogP contribution in [0.2, 0.25) is 0 Å². The zero-order valence-electron chi connectivity index (χ0n) is 17.5. The number of fused-ring (bicyclic) bond motifs is 1. The van der Waals surface area contributed by atoms with Crippen molar-refractivity contribution >= 4 is 22.4 Å². The van der Waals surface area contributed by atoms with Gasteiger partial charge in [-0.15, -0.1) is 0 Å². The van der Waals surface area contributed by atoms with Crippen LogP contribution in [0.4, 0.5) is 5.69 Å². The van der Waals surface area contributed by atoms with Crippen molar-refractivity contribution in [1.82, 2.24) is 14.7 Å². The summed E-state index contributed by atoms with van der Waals surface area (Å²) in [7, 11) is 1.66. The summed E-state index contributed by atoms with van der Waals surface area (Å²) in [5.41, 5.74) is 1.26. The first-order valence-corrected chi connectivity index (χ1v) is 10.2. The smallest absolute Gasteiger partial charge is 0.275 e. The zero-order chi connectivity index (χ0) is 21.3. The van der Waals surface area contributed by atoms with Crippen molar-refractivity contribution in [2.45, 2.75) is 19.9 Å². The first-order chi connectivity index (χ1) is 14.5. The van der Waals surface area contributed by atoms with E-state index in [0.29, 0.717) is 29.6 Å². The van der Waals surface area contributed by atoms with Gasteiger partial charge in [-0.1, -0.05) is 24.3 Å². The third-order valence-electron chi connectivity index (χ3n) is 5.51. The SMILES string of the molecule is COc1cccc(N2CCN(C(=O)c3nn(C(C)C)c(=O)c4ccccc34)CC2)c1. The van der Waals surface area contributed by atoms with Gasteiger partial charge in [-0.25, -0.2) is 4.68 Å². The van der Waals surface area contributed by atoms with E-state index in [1.165, 1.54) is 4.68 Å². The van der Waals surface area contributed by atoms with E-state index >= 15 is 0 Å². The molecule has 0 spiro atoms. The van der Waals surface area contributed by atoms with Gasteiger partial charge < -0.3 is 14.5 Å². The summed E-state index contributed by atoms with van der Waals surface area (Å²) in [6.45, 7) is 6.41. The monoisotopic (exact) mass is 406 g/mol. The van der Waals surface area contributed by atoms with E-state index in [1.54, 1.807) is 19.2 Å². The largest absolute Gasteiger partial charge is 0.497 e. The Kier molecular flexibility index (Phi) is 5.44. The molecule has 30 heavy (non-hydrogen) atoms. The average molecular weight is 406 g/mol. The van der Waals surface area contributed by atoms with Crippen LogP contribution in [-0.4, -0.2) is 53.9 Å². The maximum atomic E-state index is 13.4. The van der Waals surface area contributed by atoms with Crippen LogP contribution >= 0.6 is 0 Å². The summed E-state index contributed by atoms with van der Waals surface area (Å²) in [4.78, 5) is 30.1. The van der Waals surface area contributed by atoms with Gasteiger partial charge in [-0.3, -0.25) is 9.59 Å². The number of carbonyl (C=O) groups excluding carboxylic acids is 1. The molecule has 7 heteroatoms. The molecular weight excluding hydrogens is 380 g/mol. The lowest BCUT2D eigenvalue weighted by atomic mass is 10.1. The van der Waals surface area contributed by atoms with Gasteiger partial charge in [-0.05, 0) is 32.0 Å². The number of benzene rings is 2. The highest BCUT2D eigenvalue weighted by atomic mass is 16.5. The summed E-state index contributed by atoms with van der Waals surface area (Å²) >= 11 is 0. The minimum Gasteiger partial charge on any atom is -0.497 e. The molecule has 2 heterocycles. The number of hydrogen-bond donors (Lipinski definition) is 0. The molecule has 156 valence electrons. The average Bonchev–Trinajstić information content (AvgIpc) is 2.79. The van der Waals surface area contributed by atoms with Gasteiger partial charge in [0.05, 0.1) is 18.5 Å². The van der Waals surface area contributed by atoms with E-state index in [1.807, 2.05) is 55.1 Å². The summed E-state index contributed by atoms with van der Waals surface area (Å²) < 4.78 is 6.72. The number of piperazine rings is 1. The third-order valence-corrected chi connectivity index (χ3v) is 5.51. The van der Waals surface area contributed by atoms with Crippen molar-refractivity contribution in [3.05, 3.63) is 64.6 Å². The van der Waals surface area contributed by atoms with E-state index in [4.69, 9.17) is 4.74 Å². The van der Waals surface area contributed by atoms with E-state index in [0.717, 1.165) is 24.5 Å². The third kappa shape index (κ3) is 3.63. The second-order valence-electron chi connectivity index (χ2n) is 7.72. The van der Waals surface area contributed by atoms with Gasteiger partial charge in [0.1, 0.15) is 5.75 Å². The fourth-order valence-corrected chi connectivity index (χ4v) is 3.84. The van der Waals surface area contributed by atoms with Crippen molar-refractivity contribution in [3.8, 4) is 5.75 Å². The topological polar surface area (TPSA) is 67.7 Å². The second kappa shape index (κ2) is 8.18. The van der Waals surface area contributed by atoms with Gasteiger partial charge in [-0.2, -0.15) is 5.10 Å². The molecule has 1 aliphatic heterocycles. The Balaban J connectivity index is 1.59. The number of hydrogen-bond acceptors (Lipinski definition) is 5. The molecule has 1 aromatic heterocycles. The lowest BCUT2D eigenvalue weighted by Crippen LogP contribution is -2.49. The summed E-state index contributed by atoms with van der Waals surface area (Å²) in [5.74, 6) is 0.684. The van der Waals surface area contributed by atoms with Crippen molar-refractivity contribution < 1.29 is 9.53 Å². The second-order valence-corrected chi connectivity index (χ2v) is 7.72. The molecule has 1 aliphatic rings. The van der Waals surface area contributed by atoms with Gasteiger partial charge in [0.15, 0.2) is 5.69 Å². The zero-order valence-corrected chi connectivity index (χ0v) is 17.5. The van der Waals surface area contributed by atoms with Crippen molar-refractivity contribution in [2.24, 2.45) is 0 Å². The molecule has 7 nitrogen and oxygen atoms in total. The predicted molar refractivity (Wildman–Crippen MR) is 117 cm³/mol. The molecule has 1 saturated heterocycles. The number of rotatable bonds is 4. The Morgan fingerprint density at radius 2 is 1.70 bits per heavy atom. The van der Waals surface area contributed by atoms with Crippen molar-refractivity contribution in [3.63, 3.8) is 0 Å². The fraction of sp³-hybridized carbons (Fsp3) is 0.348. The molecule has 4 rings (SSSR count). The number of ether oxygens (including phenoxy) is 1. The van der Waals surface area contributed by atoms with Crippen LogP contribution in [0.25, 0.3) is 10.8 Å². The molecule has 2 aromatic carbocycles. The highest BCUT2D eigenvalue weighted by Crippen LogP contribution is 2.23. The minimum absolute atomic E-state index is 0.126.